The molecule has 0 aliphatic carbocycles. The Balaban J connectivity index is 2.48. The van der Waals surface area contributed by atoms with Crippen LogP contribution in [-0.2, 0) is 37.4 Å². The predicted octanol–water partition coefficient (Wildman–Crippen LogP) is 8.44. The number of unbranched alkanes of at least 4 members (excludes halogenated alkanes) is 16. The maximum Gasteiger partial charge on any atom is 0.472 e. The van der Waals surface area contributed by atoms with Gasteiger partial charge in [0.15, 0.2) is 12.4 Å². The van der Waals surface area contributed by atoms with Crippen LogP contribution in [0.4, 0.5) is 0 Å². The number of phosphoric ester groups is 1. The van der Waals surface area contributed by atoms with Crippen molar-refractivity contribution in [2.24, 2.45) is 5.92 Å². The maximum atomic E-state index is 12.8. The van der Waals surface area contributed by atoms with Gasteiger partial charge in [-0.15, -0.1) is 0 Å². The molecule has 0 aromatic heterocycles. The van der Waals surface area contributed by atoms with E-state index in [2.05, 4.69) is 30.5 Å². The fourth-order valence-electron chi connectivity index (χ4n) is 6.85. The molecule has 61 heavy (non-hydrogen) atoms. The lowest BCUT2D eigenvalue weighted by Crippen LogP contribution is -2.43. The van der Waals surface area contributed by atoms with Crippen molar-refractivity contribution in [1.29, 1.82) is 0 Å². The van der Waals surface area contributed by atoms with Gasteiger partial charge < -0.3 is 44.6 Å². The molecule has 0 saturated carbocycles. The Kier molecular flexibility index (Phi) is 35.0. The molecular weight excluding hydrogens is 807 g/mol. The van der Waals surface area contributed by atoms with Crippen molar-refractivity contribution in [3.05, 3.63) is 36.5 Å². The Morgan fingerprint density at radius 3 is 1.93 bits per heavy atom. The van der Waals surface area contributed by atoms with Crippen LogP contribution in [0.25, 0.3) is 0 Å². The molecule has 1 fully saturated rings. The van der Waals surface area contributed by atoms with E-state index in [9.17, 15) is 39.5 Å². The summed E-state index contributed by atoms with van der Waals surface area (Å²) in [6.07, 6.45) is 28.6. The van der Waals surface area contributed by atoms with Crippen LogP contribution >= 0.6 is 7.82 Å². The van der Waals surface area contributed by atoms with Crippen LogP contribution in [0.15, 0.2) is 36.5 Å². The van der Waals surface area contributed by atoms with Crippen LogP contribution in [-0.4, -0.2) is 106 Å². The van der Waals surface area contributed by atoms with E-state index in [1.165, 1.54) is 57.8 Å². The highest BCUT2D eigenvalue weighted by atomic mass is 31.2. The molecule has 8 atom stereocenters. The highest BCUT2D eigenvalue weighted by Gasteiger charge is 2.35. The number of rotatable bonds is 39. The van der Waals surface area contributed by atoms with E-state index in [0.717, 1.165) is 51.4 Å². The number of carbonyl (C=O) groups excluding carboxylic acids is 2. The molecule has 1 aliphatic heterocycles. The third-order valence-electron chi connectivity index (χ3n) is 10.6. The van der Waals surface area contributed by atoms with Gasteiger partial charge >= 0.3 is 19.8 Å². The average Bonchev–Trinajstić information content (AvgIpc) is 3.23. The fraction of sp³-hybridized carbons (Fsp3) is 0.826. The number of esters is 2. The second-order valence-electron chi connectivity index (χ2n) is 16.3. The van der Waals surface area contributed by atoms with Gasteiger partial charge in [-0.1, -0.05) is 134 Å². The van der Waals surface area contributed by atoms with Crippen molar-refractivity contribution in [2.45, 2.75) is 211 Å². The van der Waals surface area contributed by atoms with E-state index < -0.39 is 83.0 Å². The number of aliphatic hydroxyl groups is 5. The normalized spacial score (nSPS) is 20.9. The predicted molar refractivity (Wildman–Crippen MR) is 236 cm³/mol. The number of ether oxygens (including phenoxy) is 3. The maximum absolute atomic E-state index is 12.8. The number of allylic oxidation sites excluding steroid dienone is 4. The molecule has 0 spiro atoms. The summed E-state index contributed by atoms with van der Waals surface area (Å²) in [6, 6.07) is 0. The molecule has 1 rings (SSSR count). The molecule has 2 unspecified atom stereocenters. The molecule has 1 saturated heterocycles. The summed E-state index contributed by atoms with van der Waals surface area (Å²) in [7, 11) is -4.70. The first-order chi connectivity index (χ1) is 29.4. The number of hydrogen-bond donors (Lipinski definition) is 6. The second kappa shape index (κ2) is 37.4. The van der Waals surface area contributed by atoms with Gasteiger partial charge in [-0.25, -0.2) is 4.57 Å². The number of aliphatic hydroxyl groups excluding tert-OH is 5. The lowest BCUT2D eigenvalue weighted by molar-refractivity contribution is -0.199. The van der Waals surface area contributed by atoms with Crippen molar-refractivity contribution in [1.82, 2.24) is 0 Å². The largest absolute Gasteiger partial charge is 0.472 e. The standard InChI is InChI=1S/C46H83O14P/c1-3-5-7-8-9-10-11-12-13-14-15-16-17-18-19-20-25-29-44(51)56-36-40(37-58-61(54,55)57-35-39(49)34-47)59-45(52)30-26-22-21-24-28-41-42(50)33-46(53)60-43(41)32-31-38(48)27-23-6-4-2/h12-13,21,24,31-32,38-43,46-50,53H,3-11,14-20,22-23,25-30,33-37H2,1-2H3,(H,54,55)/b13-12-,24-21-,32-31+/t38-,39-,40+,41-,42-,43+,46?/m0/s1. The average molecular weight is 891 g/mol. The zero-order valence-corrected chi connectivity index (χ0v) is 38.3. The second-order valence-corrected chi connectivity index (χ2v) is 17.8. The molecule has 14 nitrogen and oxygen atoms in total. The third kappa shape index (κ3) is 32.4. The van der Waals surface area contributed by atoms with Gasteiger partial charge in [0.1, 0.15) is 12.7 Å². The highest BCUT2D eigenvalue weighted by Crippen LogP contribution is 2.43. The first-order valence-electron chi connectivity index (χ1n) is 23.3. The summed E-state index contributed by atoms with van der Waals surface area (Å²) in [4.78, 5) is 35.3. The topological polar surface area (TPSA) is 219 Å². The van der Waals surface area contributed by atoms with Gasteiger partial charge in [0.05, 0.1) is 38.1 Å². The van der Waals surface area contributed by atoms with Crippen molar-refractivity contribution >= 4 is 19.8 Å². The van der Waals surface area contributed by atoms with E-state index in [1.807, 2.05) is 12.2 Å². The first kappa shape index (κ1) is 57.0. The van der Waals surface area contributed by atoms with Crippen LogP contribution < -0.4 is 0 Å². The van der Waals surface area contributed by atoms with Crippen LogP contribution in [0.3, 0.4) is 0 Å². The highest BCUT2D eigenvalue weighted by molar-refractivity contribution is 7.47. The zero-order valence-electron chi connectivity index (χ0n) is 37.4. The van der Waals surface area contributed by atoms with Gasteiger partial charge in [-0.2, -0.15) is 0 Å². The van der Waals surface area contributed by atoms with Gasteiger partial charge in [-0.3, -0.25) is 18.6 Å². The van der Waals surface area contributed by atoms with Crippen LogP contribution in [0.5, 0.6) is 0 Å². The van der Waals surface area contributed by atoms with Crippen LogP contribution in [0, 0.1) is 5.92 Å². The minimum Gasteiger partial charge on any atom is -0.462 e. The van der Waals surface area contributed by atoms with E-state index in [1.54, 1.807) is 12.2 Å². The molecule has 356 valence electrons. The monoisotopic (exact) mass is 891 g/mol. The van der Waals surface area contributed by atoms with E-state index in [-0.39, 0.29) is 25.2 Å². The Morgan fingerprint density at radius 1 is 0.721 bits per heavy atom. The minimum atomic E-state index is -4.70. The van der Waals surface area contributed by atoms with E-state index in [4.69, 9.17) is 23.8 Å². The Morgan fingerprint density at radius 2 is 1.28 bits per heavy atom. The molecule has 0 bridgehead atoms. The molecule has 15 heteroatoms. The molecule has 0 aromatic carbocycles. The summed E-state index contributed by atoms with van der Waals surface area (Å²) in [5, 5.41) is 49.4. The molecule has 0 aromatic rings. The van der Waals surface area contributed by atoms with Crippen molar-refractivity contribution in [3.8, 4) is 0 Å². The van der Waals surface area contributed by atoms with Crippen molar-refractivity contribution < 1.29 is 67.8 Å². The summed E-state index contributed by atoms with van der Waals surface area (Å²) in [6.45, 7) is 1.96. The molecule has 6 N–H and O–H groups in total. The summed E-state index contributed by atoms with van der Waals surface area (Å²) < 4.78 is 38.4. The van der Waals surface area contributed by atoms with Crippen molar-refractivity contribution in [3.63, 3.8) is 0 Å². The van der Waals surface area contributed by atoms with Crippen LogP contribution in [0.1, 0.15) is 174 Å². The number of carbonyl (C=O) groups is 2. The Bertz CT molecular complexity index is 1230. The Labute approximate surface area is 366 Å². The summed E-state index contributed by atoms with van der Waals surface area (Å²) in [5.74, 6) is -1.46. The molecule has 1 heterocycles. The van der Waals surface area contributed by atoms with Gasteiger partial charge in [0, 0.05) is 25.2 Å². The lowest BCUT2D eigenvalue weighted by atomic mass is 9.87. The number of hydrogen-bond acceptors (Lipinski definition) is 13. The van der Waals surface area contributed by atoms with Gasteiger partial charge in [0.25, 0.3) is 0 Å². The van der Waals surface area contributed by atoms with Crippen molar-refractivity contribution in [2.75, 3.05) is 26.4 Å². The Hall–Kier alpha value is -1.97. The zero-order chi connectivity index (χ0) is 45.0. The molecule has 0 amide bonds. The SMILES string of the molecule is CCCCCCCC/C=C\CCCCCCCCCC(=O)OC[C@H](COP(=O)(O)OC[C@@H](O)CO)OC(=O)CCC/C=C\C[C@H]1[C@@H](O)CC(O)O[C@@H]1/C=C/[C@@H](O)CCCCC. The lowest BCUT2D eigenvalue weighted by Gasteiger charge is -2.36. The third-order valence-corrected chi connectivity index (χ3v) is 11.5. The first-order valence-corrected chi connectivity index (χ1v) is 24.8. The smallest absolute Gasteiger partial charge is 0.462 e. The fourth-order valence-corrected chi connectivity index (χ4v) is 7.64. The van der Waals surface area contributed by atoms with E-state index >= 15 is 0 Å². The van der Waals surface area contributed by atoms with Crippen LogP contribution in [0.2, 0.25) is 0 Å². The van der Waals surface area contributed by atoms with E-state index in [0.29, 0.717) is 32.1 Å². The molecular formula is C46H83O14P. The quantitative estimate of drug-likeness (QED) is 0.0148. The number of phosphoric acid groups is 1. The summed E-state index contributed by atoms with van der Waals surface area (Å²) in [5.41, 5.74) is 0. The summed E-state index contributed by atoms with van der Waals surface area (Å²) >= 11 is 0. The van der Waals surface area contributed by atoms with Gasteiger partial charge in [0.2, 0.25) is 0 Å². The molecule has 0 radical (unpaired) electrons. The molecule has 1 aliphatic rings. The van der Waals surface area contributed by atoms with Gasteiger partial charge in [-0.05, 0) is 57.8 Å². The minimum absolute atomic E-state index is 0.0106.